The Labute approximate surface area is 106 Å². The van der Waals surface area contributed by atoms with Crippen molar-refractivity contribution < 1.29 is 0 Å². The summed E-state index contributed by atoms with van der Waals surface area (Å²) in [7, 11) is 3.66. The van der Waals surface area contributed by atoms with Crippen LogP contribution in [0.3, 0.4) is 0 Å². The van der Waals surface area contributed by atoms with E-state index in [0.717, 1.165) is 6.42 Å². The van der Waals surface area contributed by atoms with Crippen LogP contribution < -0.4 is 11.2 Å². The predicted molar refractivity (Wildman–Crippen MR) is 72.8 cm³/mol. The third kappa shape index (κ3) is 3.09. The first-order valence-electron chi connectivity index (χ1n) is 6.06. The molecule has 6 nitrogen and oxygen atoms in total. The Kier molecular flexibility index (Phi) is 4.88. The summed E-state index contributed by atoms with van der Waals surface area (Å²) >= 11 is 0. The average molecular weight is 252 g/mol. The molecule has 0 amide bonds. The van der Waals surface area contributed by atoms with Gasteiger partial charge in [0.25, 0.3) is 5.56 Å². The van der Waals surface area contributed by atoms with Gasteiger partial charge in [-0.15, -0.1) is 0 Å². The molecule has 0 saturated heterocycles. The zero-order valence-corrected chi connectivity index (χ0v) is 11.4. The summed E-state index contributed by atoms with van der Waals surface area (Å²) in [6.45, 7) is 4.72. The molecule has 0 N–H and O–H groups in total. The Morgan fingerprint density at radius 3 is 2.44 bits per heavy atom. The van der Waals surface area contributed by atoms with Gasteiger partial charge in [0.05, 0.1) is 6.34 Å². The summed E-state index contributed by atoms with van der Waals surface area (Å²) in [6, 6.07) is 1.40. The van der Waals surface area contributed by atoms with Crippen LogP contribution in [-0.4, -0.2) is 34.5 Å². The normalized spacial score (nSPS) is 11.1. The molecule has 0 bridgehead atoms. The van der Waals surface area contributed by atoms with Crippen molar-refractivity contribution in [2.75, 3.05) is 14.1 Å². The molecule has 0 aliphatic heterocycles. The molecule has 0 aliphatic carbocycles. The second-order valence-electron chi connectivity index (χ2n) is 4.23. The lowest BCUT2D eigenvalue weighted by molar-refractivity contribution is 0.560. The summed E-state index contributed by atoms with van der Waals surface area (Å²) < 4.78 is 2.75. The lowest BCUT2D eigenvalue weighted by Crippen LogP contribution is -2.39. The molecule has 18 heavy (non-hydrogen) atoms. The molecule has 0 unspecified atom stereocenters. The van der Waals surface area contributed by atoms with Gasteiger partial charge in [-0.2, -0.15) is 0 Å². The summed E-state index contributed by atoms with van der Waals surface area (Å²) in [5.74, 6) is 0.397. The molecular formula is C12H20N4O2. The van der Waals surface area contributed by atoms with E-state index in [1.807, 2.05) is 27.9 Å². The van der Waals surface area contributed by atoms with E-state index in [4.69, 9.17) is 0 Å². The molecule has 0 radical (unpaired) electrons. The number of aromatic nitrogens is 2. The van der Waals surface area contributed by atoms with Crippen LogP contribution in [-0.2, 0) is 13.1 Å². The van der Waals surface area contributed by atoms with Crippen molar-refractivity contribution in [2.24, 2.45) is 4.99 Å². The molecule has 1 rings (SSSR count). The van der Waals surface area contributed by atoms with Gasteiger partial charge in [-0.3, -0.25) is 13.9 Å². The highest BCUT2D eigenvalue weighted by molar-refractivity contribution is 5.58. The highest BCUT2D eigenvalue weighted by Crippen LogP contribution is 2.05. The molecule has 0 saturated carbocycles. The zero-order chi connectivity index (χ0) is 13.7. The molecule has 6 heteroatoms. The Hall–Kier alpha value is -1.85. The van der Waals surface area contributed by atoms with Gasteiger partial charge in [0.2, 0.25) is 0 Å². The van der Waals surface area contributed by atoms with Gasteiger partial charge in [0, 0.05) is 33.3 Å². The van der Waals surface area contributed by atoms with Gasteiger partial charge >= 0.3 is 5.69 Å². The van der Waals surface area contributed by atoms with Gasteiger partial charge in [-0.1, -0.05) is 6.92 Å². The molecule has 1 aromatic rings. The molecule has 100 valence electrons. The summed E-state index contributed by atoms with van der Waals surface area (Å²) in [5, 5.41) is 0. The average Bonchev–Trinajstić information content (AvgIpc) is 2.31. The molecule has 0 aliphatic rings. The zero-order valence-electron chi connectivity index (χ0n) is 11.4. The van der Waals surface area contributed by atoms with E-state index in [-0.39, 0.29) is 11.2 Å². The minimum Gasteiger partial charge on any atom is -0.369 e. The number of rotatable bonds is 5. The second kappa shape index (κ2) is 6.18. The van der Waals surface area contributed by atoms with E-state index >= 15 is 0 Å². The Morgan fingerprint density at radius 1 is 1.28 bits per heavy atom. The fraction of sp³-hybridized carbons (Fsp3) is 0.583. The fourth-order valence-corrected chi connectivity index (χ4v) is 1.61. The van der Waals surface area contributed by atoms with Crippen molar-refractivity contribution >= 4 is 12.2 Å². The Morgan fingerprint density at radius 2 is 1.94 bits per heavy atom. The second-order valence-corrected chi connectivity index (χ2v) is 4.23. The maximum atomic E-state index is 12.1. The van der Waals surface area contributed by atoms with E-state index in [0.29, 0.717) is 18.9 Å². The van der Waals surface area contributed by atoms with Gasteiger partial charge < -0.3 is 4.90 Å². The van der Waals surface area contributed by atoms with Crippen molar-refractivity contribution in [3.8, 4) is 0 Å². The van der Waals surface area contributed by atoms with Crippen LogP contribution in [0.1, 0.15) is 20.3 Å². The molecule has 1 aromatic heterocycles. The highest BCUT2D eigenvalue weighted by atomic mass is 16.2. The largest absolute Gasteiger partial charge is 0.369 e. The summed E-state index contributed by atoms with van der Waals surface area (Å²) in [6.07, 6.45) is 2.32. The summed E-state index contributed by atoms with van der Waals surface area (Å²) in [5.41, 5.74) is -0.588. The summed E-state index contributed by atoms with van der Waals surface area (Å²) in [4.78, 5) is 29.8. The molecular weight excluding hydrogens is 232 g/mol. The number of nitrogens with zero attached hydrogens (tertiary/aromatic N) is 4. The van der Waals surface area contributed by atoms with Crippen molar-refractivity contribution in [1.82, 2.24) is 14.0 Å². The van der Waals surface area contributed by atoms with Crippen LogP contribution in [0.5, 0.6) is 0 Å². The van der Waals surface area contributed by atoms with Gasteiger partial charge in [0.1, 0.15) is 5.82 Å². The first-order chi connectivity index (χ1) is 8.51. The molecule has 0 atom stereocenters. The topological polar surface area (TPSA) is 59.6 Å². The third-order valence-electron chi connectivity index (χ3n) is 2.44. The van der Waals surface area contributed by atoms with E-state index in [1.165, 1.54) is 15.2 Å². The maximum Gasteiger partial charge on any atom is 0.332 e. The molecule has 0 spiro atoms. The lowest BCUT2D eigenvalue weighted by atomic mass is 10.4. The van der Waals surface area contributed by atoms with Crippen molar-refractivity contribution in [1.29, 1.82) is 0 Å². The van der Waals surface area contributed by atoms with Crippen LogP contribution >= 0.6 is 0 Å². The van der Waals surface area contributed by atoms with Gasteiger partial charge in [-0.05, 0) is 13.3 Å². The predicted octanol–water partition coefficient (Wildman–Crippen LogP) is 0.661. The lowest BCUT2D eigenvalue weighted by Gasteiger charge is -2.11. The van der Waals surface area contributed by atoms with E-state index in [9.17, 15) is 9.59 Å². The molecule has 0 aromatic carbocycles. The van der Waals surface area contributed by atoms with Crippen LogP contribution in [0.2, 0.25) is 0 Å². The minimum atomic E-state index is -0.294. The van der Waals surface area contributed by atoms with Gasteiger partial charge in [-0.25, -0.2) is 9.79 Å². The van der Waals surface area contributed by atoms with Crippen molar-refractivity contribution in [3.05, 3.63) is 26.9 Å². The smallest absolute Gasteiger partial charge is 0.332 e. The fourth-order valence-electron chi connectivity index (χ4n) is 1.61. The molecule has 1 heterocycles. The Bertz CT molecular complexity index is 540. The maximum absolute atomic E-state index is 12.1. The van der Waals surface area contributed by atoms with E-state index in [2.05, 4.69) is 4.99 Å². The quantitative estimate of drug-likeness (QED) is 0.571. The van der Waals surface area contributed by atoms with Crippen LogP contribution in [0.25, 0.3) is 0 Å². The monoisotopic (exact) mass is 252 g/mol. The first-order valence-corrected chi connectivity index (χ1v) is 6.06. The third-order valence-corrected chi connectivity index (χ3v) is 2.44. The number of hydrogen-bond acceptors (Lipinski definition) is 3. The van der Waals surface area contributed by atoms with Gasteiger partial charge in [0.15, 0.2) is 0 Å². The van der Waals surface area contributed by atoms with Crippen LogP contribution in [0, 0.1) is 0 Å². The number of aliphatic imine (C=N–C) groups is 1. The van der Waals surface area contributed by atoms with Crippen molar-refractivity contribution in [2.45, 2.75) is 33.4 Å². The molecule has 0 fully saturated rings. The SMILES string of the molecule is CCCn1c(=O)cc(N=CN(C)C)n(CC)c1=O. The first kappa shape index (κ1) is 14.2. The van der Waals surface area contributed by atoms with Crippen LogP contribution in [0.15, 0.2) is 20.6 Å². The minimum absolute atomic E-state index is 0.294. The number of hydrogen-bond donors (Lipinski definition) is 0. The van der Waals surface area contributed by atoms with E-state index < -0.39 is 0 Å². The Balaban J connectivity index is 3.38. The van der Waals surface area contributed by atoms with Crippen molar-refractivity contribution in [3.63, 3.8) is 0 Å². The van der Waals surface area contributed by atoms with Crippen LogP contribution in [0.4, 0.5) is 5.82 Å². The standard InChI is InChI=1S/C12H20N4O2/c1-5-7-16-11(17)8-10(13-9-14(3)4)15(6-2)12(16)18/h8-9H,5-7H2,1-4H3. The highest BCUT2D eigenvalue weighted by Gasteiger charge is 2.08. The van der Waals surface area contributed by atoms with E-state index in [1.54, 1.807) is 11.2 Å².